The van der Waals surface area contributed by atoms with Gasteiger partial charge in [-0.15, -0.1) is 0 Å². The lowest BCUT2D eigenvalue weighted by atomic mass is 9.79. The molecule has 1 atom stereocenters. The molecule has 19 heavy (non-hydrogen) atoms. The van der Waals surface area contributed by atoms with E-state index >= 15 is 0 Å². The Balaban J connectivity index is 2.95. The van der Waals surface area contributed by atoms with Crippen molar-refractivity contribution >= 4 is 23.1 Å². The van der Waals surface area contributed by atoms with Crippen molar-refractivity contribution in [2.75, 3.05) is 20.2 Å². The highest BCUT2D eigenvalue weighted by molar-refractivity contribution is 7.80. The number of carbonyl (C=O) groups is 1. The second-order valence-electron chi connectivity index (χ2n) is 5.64. The molecule has 0 aliphatic carbocycles. The van der Waals surface area contributed by atoms with Crippen LogP contribution >= 0.6 is 12.2 Å². The number of rotatable bonds is 5. The van der Waals surface area contributed by atoms with E-state index in [4.69, 9.17) is 22.7 Å². The van der Waals surface area contributed by atoms with Gasteiger partial charge in [-0.05, 0) is 32.6 Å². The highest BCUT2D eigenvalue weighted by atomic mass is 32.1. The summed E-state index contributed by atoms with van der Waals surface area (Å²) in [6, 6.07) is 0. The molecule has 0 bridgehead atoms. The van der Waals surface area contributed by atoms with Crippen molar-refractivity contribution in [1.82, 2.24) is 4.90 Å². The molecule has 0 aromatic rings. The van der Waals surface area contributed by atoms with E-state index in [0.29, 0.717) is 24.4 Å². The van der Waals surface area contributed by atoms with Crippen molar-refractivity contribution in [3.8, 4) is 0 Å². The number of methoxy groups -OCH3 is 1. The molecule has 0 spiro atoms. The quantitative estimate of drug-likeness (QED) is 0.786. The summed E-state index contributed by atoms with van der Waals surface area (Å²) in [5.74, 6) is 0.0629. The zero-order chi connectivity index (χ0) is 14.7. The van der Waals surface area contributed by atoms with Crippen LogP contribution in [0, 0.1) is 5.41 Å². The molecule has 2 N–H and O–H groups in total. The smallest absolute Gasteiger partial charge is 0.235 e. The normalized spacial score (nSPS) is 24.3. The zero-order valence-electron chi connectivity index (χ0n) is 12.5. The minimum atomic E-state index is -0.693. The number of piperidine rings is 1. The average molecular weight is 286 g/mol. The molecule has 1 aliphatic rings. The Morgan fingerprint density at radius 2 is 2.05 bits per heavy atom. The van der Waals surface area contributed by atoms with Crippen LogP contribution in [0.5, 0.6) is 0 Å². The van der Waals surface area contributed by atoms with Crippen molar-refractivity contribution in [3.63, 3.8) is 0 Å². The summed E-state index contributed by atoms with van der Waals surface area (Å²) in [5.41, 5.74) is 4.91. The second-order valence-corrected chi connectivity index (χ2v) is 6.08. The number of ether oxygens (including phenoxy) is 1. The fourth-order valence-electron chi connectivity index (χ4n) is 2.85. The Bertz CT molecular complexity index is 355. The summed E-state index contributed by atoms with van der Waals surface area (Å²) in [7, 11) is 1.70. The van der Waals surface area contributed by atoms with Crippen molar-refractivity contribution in [3.05, 3.63) is 0 Å². The largest absolute Gasteiger partial charge is 0.392 e. The van der Waals surface area contributed by atoms with E-state index in [1.165, 1.54) is 0 Å². The van der Waals surface area contributed by atoms with Gasteiger partial charge in [-0.1, -0.05) is 26.1 Å². The molecule has 0 radical (unpaired) electrons. The van der Waals surface area contributed by atoms with Crippen LogP contribution in [0.2, 0.25) is 0 Å². The molecule has 1 fully saturated rings. The lowest BCUT2D eigenvalue weighted by Gasteiger charge is -2.43. The first kappa shape index (κ1) is 16.4. The van der Waals surface area contributed by atoms with E-state index in [0.717, 1.165) is 19.4 Å². The fourth-order valence-corrected chi connectivity index (χ4v) is 3.23. The van der Waals surface area contributed by atoms with Crippen LogP contribution in [0.15, 0.2) is 0 Å². The van der Waals surface area contributed by atoms with E-state index in [-0.39, 0.29) is 11.5 Å². The third kappa shape index (κ3) is 3.08. The van der Waals surface area contributed by atoms with Gasteiger partial charge in [0.25, 0.3) is 0 Å². The molecule has 1 saturated heterocycles. The summed E-state index contributed by atoms with van der Waals surface area (Å²) in [4.78, 5) is 15.0. The molecular weight excluding hydrogens is 260 g/mol. The molecule has 5 heteroatoms. The lowest BCUT2D eigenvalue weighted by molar-refractivity contribution is -0.146. The van der Waals surface area contributed by atoms with Gasteiger partial charge in [0.2, 0.25) is 5.91 Å². The molecule has 1 rings (SSSR count). The maximum Gasteiger partial charge on any atom is 0.235 e. The molecule has 1 aliphatic heterocycles. The lowest BCUT2D eigenvalue weighted by Crippen LogP contribution is -2.56. The van der Waals surface area contributed by atoms with Gasteiger partial charge in [0.05, 0.1) is 16.0 Å². The minimum Gasteiger partial charge on any atom is -0.392 e. The van der Waals surface area contributed by atoms with E-state index in [9.17, 15) is 4.79 Å². The van der Waals surface area contributed by atoms with Gasteiger partial charge in [0.1, 0.15) is 0 Å². The summed E-state index contributed by atoms with van der Waals surface area (Å²) < 4.78 is 5.54. The Labute approximate surface area is 121 Å². The van der Waals surface area contributed by atoms with Crippen LogP contribution < -0.4 is 5.73 Å². The van der Waals surface area contributed by atoms with Crippen molar-refractivity contribution in [1.29, 1.82) is 0 Å². The van der Waals surface area contributed by atoms with E-state index < -0.39 is 5.41 Å². The fraction of sp³-hybridized carbons (Fsp3) is 0.857. The third-order valence-electron chi connectivity index (χ3n) is 4.53. The number of hydrogen-bond donors (Lipinski definition) is 1. The van der Waals surface area contributed by atoms with E-state index in [1.807, 2.05) is 25.7 Å². The standard InChI is InChI=1S/C14H26N2O2S/c1-5-14(6-2,11(15)19)12(17)16-9-7-8-13(3,10-16)18-4/h5-10H2,1-4H3,(H2,15,19). The number of nitrogens with zero attached hydrogens (tertiary/aromatic N) is 1. The van der Waals surface area contributed by atoms with Gasteiger partial charge in [-0.3, -0.25) is 4.79 Å². The molecule has 1 unspecified atom stereocenters. The SMILES string of the molecule is CCC(CC)(C(=O)N1CCCC(C)(OC)C1)C(N)=S. The Kier molecular flexibility index (Phi) is 5.33. The van der Waals surface area contributed by atoms with E-state index in [2.05, 4.69) is 0 Å². The Morgan fingerprint density at radius 1 is 1.47 bits per heavy atom. The number of likely N-dealkylation sites (tertiary alicyclic amines) is 1. The van der Waals surface area contributed by atoms with Crippen LogP contribution in [0.4, 0.5) is 0 Å². The first-order valence-corrected chi connectivity index (χ1v) is 7.40. The predicted octanol–water partition coefficient (Wildman–Crippen LogP) is 2.11. The van der Waals surface area contributed by atoms with Gasteiger partial charge >= 0.3 is 0 Å². The second kappa shape index (κ2) is 6.18. The predicted molar refractivity (Wildman–Crippen MR) is 81.0 cm³/mol. The molecule has 0 aromatic heterocycles. The van der Waals surface area contributed by atoms with Crippen molar-refractivity contribution < 1.29 is 9.53 Å². The van der Waals surface area contributed by atoms with E-state index in [1.54, 1.807) is 7.11 Å². The first-order chi connectivity index (χ1) is 8.85. The van der Waals surface area contributed by atoms with Crippen LogP contribution in [-0.2, 0) is 9.53 Å². The molecule has 4 nitrogen and oxygen atoms in total. The number of thiocarbonyl (C=S) groups is 1. The molecule has 0 aromatic carbocycles. The third-order valence-corrected chi connectivity index (χ3v) is 4.92. The van der Waals surface area contributed by atoms with Gasteiger partial charge in [-0.2, -0.15) is 0 Å². The Morgan fingerprint density at radius 3 is 2.47 bits per heavy atom. The molecule has 110 valence electrons. The molecule has 1 amide bonds. The van der Waals surface area contributed by atoms with Gasteiger partial charge in [-0.25, -0.2) is 0 Å². The monoisotopic (exact) mass is 286 g/mol. The first-order valence-electron chi connectivity index (χ1n) is 6.99. The van der Waals surface area contributed by atoms with Gasteiger partial charge in [0.15, 0.2) is 0 Å². The maximum absolute atomic E-state index is 12.8. The number of amides is 1. The Hall–Kier alpha value is -0.680. The highest BCUT2D eigenvalue weighted by Gasteiger charge is 2.44. The van der Waals surface area contributed by atoms with Crippen molar-refractivity contribution in [2.24, 2.45) is 11.1 Å². The maximum atomic E-state index is 12.8. The summed E-state index contributed by atoms with van der Waals surface area (Å²) >= 11 is 5.16. The summed E-state index contributed by atoms with van der Waals surface area (Å²) in [6.07, 6.45) is 3.23. The van der Waals surface area contributed by atoms with Crippen molar-refractivity contribution in [2.45, 2.75) is 52.1 Å². The summed E-state index contributed by atoms with van der Waals surface area (Å²) in [5, 5.41) is 0. The summed E-state index contributed by atoms with van der Waals surface area (Å²) in [6.45, 7) is 7.38. The number of nitrogens with two attached hydrogens (primary N) is 1. The highest BCUT2D eigenvalue weighted by Crippen LogP contribution is 2.33. The van der Waals surface area contributed by atoms with Gasteiger partial charge in [0, 0.05) is 20.2 Å². The van der Waals surface area contributed by atoms with Gasteiger partial charge < -0.3 is 15.4 Å². The van der Waals surface area contributed by atoms with Crippen LogP contribution in [0.3, 0.4) is 0 Å². The number of hydrogen-bond acceptors (Lipinski definition) is 3. The molecule has 0 saturated carbocycles. The van der Waals surface area contributed by atoms with Crippen LogP contribution in [0.25, 0.3) is 0 Å². The van der Waals surface area contributed by atoms with Crippen LogP contribution in [-0.4, -0.2) is 41.6 Å². The number of carbonyl (C=O) groups excluding carboxylic acids is 1. The molecule has 1 heterocycles. The average Bonchev–Trinajstić information content (AvgIpc) is 2.40. The minimum absolute atomic E-state index is 0.0629. The topological polar surface area (TPSA) is 55.6 Å². The molecular formula is C14H26N2O2S. The zero-order valence-corrected chi connectivity index (χ0v) is 13.3. The van der Waals surface area contributed by atoms with Crippen LogP contribution in [0.1, 0.15) is 46.5 Å².